The average molecular weight is 254 g/mol. The number of hydrogen-bond donors (Lipinski definition) is 0. The van der Waals surface area contributed by atoms with Crippen molar-refractivity contribution in [2.75, 3.05) is 6.61 Å². The van der Waals surface area contributed by atoms with Crippen LogP contribution < -0.4 is 4.74 Å². The summed E-state index contributed by atoms with van der Waals surface area (Å²) in [5.41, 5.74) is 0.109. The lowest BCUT2D eigenvalue weighted by Gasteiger charge is -2.46. The molecule has 1 saturated carbocycles. The molecule has 1 atom stereocenters. The minimum atomic E-state index is 0.109. The van der Waals surface area contributed by atoms with Crippen molar-refractivity contribution in [1.29, 1.82) is 0 Å². The normalized spacial score (nSPS) is 26.5. The lowest BCUT2D eigenvalue weighted by Crippen LogP contribution is -2.48. The van der Waals surface area contributed by atoms with Gasteiger partial charge in [-0.05, 0) is 31.4 Å². The minimum absolute atomic E-state index is 0.109. The summed E-state index contributed by atoms with van der Waals surface area (Å²) in [7, 11) is 0. The zero-order chi connectivity index (χ0) is 11.7. The number of pyridine rings is 1. The second-order valence-corrected chi connectivity index (χ2v) is 5.27. The number of hydrogen-bond acceptors (Lipinski definition) is 3. The molecule has 1 aliphatic carbocycles. The van der Waals surface area contributed by atoms with Crippen molar-refractivity contribution in [3.05, 3.63) is 23.5 Å². The zero-order valence-corrected chi connectivity index (χ0v) is 10.4. The van der Waals surface area contributed by atoms with E-state index in [1.54, 1.807) is 6.20 Å². The van der Waals surface area contributed by atoms with Crippen LogP contribution in [0.2, 0.25) is 5.15 Å². The molecule has 0 radical (unpaired) electrons. The van der Waals surface area contributed by atoms with Crippen LogP contribution in [0.4, 0.5) is 0 Å². The van der Waals surface area contributed by atoms with Gasteiger partial charge < -0.3 is 9.47 Å². The molecule has 0 bridgehead atoms. The Morgan fingerprint density at radius 3 is 3.06 bits per heavy atom. The summed E-state index contributed by atoms with van der Waals surface area (Å²) < 4.78 is 11.8. The van der Waals surface area contributed by atoms with Gasteiger partial charge in [0.2, 0.25) is 0 Å². The van der Waals surface area contributed by atoms with Crippen molar-refractivity contribution in [1.82, 2.24) is 4.98 Å². The van der Waals surface area contributed by atoms with Gasteiger partial charge in [-0.3, -0.25) is 0 Å². The Morgan fingerprint density at radius 2 is 2.35 bits per heavy atom. The van der Waals surface area contributed by atoms with Gasteiger partial charge in [0.1, 0.15) is 6.10 Å². The van der Waals surface area contributed by atoms with Gasteiger partial charge in [0.05, 0.1) is 12.2 Å². The van der Waals surface area contributed by atoms with Gasteiger partial charge in [0, 0.05) is 19.0 Å². The van der Waals surface area contributed by atoms with E-state index in [1.807, 2.05) is 12.1 Å². The number of halogens is 1. The summed E-state index contributed by atoms with van der Waals surface area (Å²) in [5, 5.41) is 0.446. The van der Waals surface area contributed by atoms with Crippen LogP contribution in [0.5, 0.6) is 5.75 Å². The van der Waals surface area contributed by atoms with Crippen molar-refractivity contribution in [3.63, 3.8) is 0 Å². The van der Waals surface area contributed by atoms with E-state index in [2.05, 4.69) is 4.98 Å². The second-order valence-electron chi connectivity index (χ2n) is 4.91. The molecule has 0 amide bonds. The topological polar surface area (TPSA) is 31.4 Å². The maximum atomic E-state index is 6.00. The summed E-state index contributed by atoms with van der Waals surface area (Å²) >= 11 is 6.00. The van der Waals surface area contributed by atoms with E-state index in [1.165, 1.54) is 19.3 Å². The molecule has 17 heavy (non-hydrogen) atoms. The Kier molecular flexibility index (Phi) is 2.97. The largest absolute Gasteiger partial charge is 0.487 e. The van der Waals surface area contributed by atoms with E-state index < -0.39 is 0 Å². The lowest BCUT2D eigenvalue weighted by molar-refractivity contribution is -0.153. The van der Waals surface area contributed by atoms with Crippen LogP contribution in [0, 0.1) is 0 Å². The van der Waals surface area contributed by atoms with Crippen LogP contribution in [0.1, 0.15) is 32.1 Å². The van der Waals surface area contributed by atoms with Gasteiger partial charge in [0.15, 0.2) is 10.9 Å². The van der Waals surface area contributed by atoms with Crippen LogP contribution in [-0.4, -0.2) is 23.3 Å². The first-order chi connectivity index (χ1) is 8.27. The summed E-state index contributed by atoms with van der Waals surface area (Å²) in [5.74, 6) is 0.690. The monoisotopic (exact) mass is 253 g/mol. The van der Waals surface area contributed by atoms with Crippen LogP contribution in [0.15, 0.2) is 18.3 Å². The third-order valence-corrected chi connectivity index (χ3v) is 4.01. The fraction of sp³-hybridized carbons (Fsp3) is 0.615. The summed E-state index contributed by atoms with van der Waals surface area (Å²) in [6.07, 6.45) is 7.44. The Bertz CT molecular complexity index is 406. The van der Waals surface area contributed by atoms with Crippen LogP contribution in [0.25, 0.3) is 0 Å². The Hall–Kier alpha value is -0.800. The quantitative estimate of drug-likeness (QED) is 0.759. The summed E-state index contributed by atoms with van der Waals surface area (Å²) in [6.45, 7) is 0.794. The highest BCUT2D eigenvalue weighted by Crippen LogP contribution is 2.43. The SMILES string of the molecule is Clc1ncccc1OC1CCOC2(CCC2)C1. The van der Waals surface area contributed by atoms with Crippen LogP contribution >= 0.6 is 11.6 Å². The van der Waals surface area contributed by atoms with E-state index in [0.29, 0.717) is 10.9 Å². The Morgan fingerprint density at radius 1 is 1.47 bits per heavy atom. The Balaban J connectivity index is 1.67. The van der Waals surface area contributed by atoms with Gasteiger partial charge in [-0.1, -0.05) is 11.6 Å². The van der Waals surface area contributed by atoms with E-state index in [0.717, 1.165) is 19.4 Å². The Labute approximate surface area is 106 Å². The first kappa shape index (κ1) is 11.3. The number of rotatable bonds is 2. The number of ether oxygens (including phenoxy) is 2. The third-order valence-electron chi connectivity index (χ3n) is 3.73. The summed E-state index contributed by atoms with van der Waals surface area (Å²) in [4.78, 5) is 4.02. The standard InChI is InChI=1S/C13H16ClNO2/c14-12-11(3-1-7-15-12)17-10-4-8-16-13(9-10)5-2-6-13/h1,3,7,10H,2,4-6,8-9H2. The van der Waals surface area contributed by atoms with Gasteiger partial charge in [-0.15, -0.1) is 0 Å². The molecule has 2 aliphatic rings. The minimum Gasteiger partial charge on any atom is -0.487 e. The van der Waals surface area contributed by atoms with Crippen molar-refractivity contribution < 1.29 is 9.47 Å². The molecule has 1 aromatic heterocycles. The smallest absolute Gasteiger partial charge is 0.171 e. The highest BCUT2D eigenvalue weighted by Gasteiger charge is 2.43. The van der Waals surface area contributed by atoms with Gasteiger partial charge in [-0.25, -0.2) is 4.98 Å². The molecule has 3 rings (SSSR count). The molecule has 1 spiro atoms. The first-order valence-electron chi connectivity index (χ1n) is 6.19. The van der Waals surface area contributed by atoms with Gasteiger partial charge in [-0.2, -0.15) is 0 Å². The van der Waals surface area contributed by atoms with Crippen LogP contribution in [0.3, 0.4) is 0 Å². The van der Waals surface area contributed by atoms with E-state index in [4.69, 9.17) is 21.1 Å². The predicted molar refractivity (Wildman–Crippen MR) is 65.4 cm³/mol. The molecule has 1 saturated heterocycles. The van der Waals surface area contributed by atoms with Crippen molar-refractivity contribution in [3.8, 4) is 5.75 Å². The van der Waals surface area contributed by atoms with E-state index >= 15 is 0 Å². The first-order valence-corrected chi connectivity index (χ1v) is 6.56. The summed E-state index contributed by atoms with van der Waals surface area (Å²) in [6, 6.07) is 3.72. The molecule has 1 unspecified atom stereocenters. The molecule has 3 nitrogen and oxygen atoms in total. The maximum Gasteiger partial charge on any atom is 0.171 e. The fourth-order valence-corrected chi connectivity index (χ4v) is 2.81. The highest BCUT2D eigenvalue weighted by molar-refractivity contribution is 6.30. The van der Waals surface area contributed by atoms with Crippen molar-refractivity contribution in [2.24, 2.45) is 0 Å². The molecular weight excluding hydrogens is 238 g/mol. The molecular formula is C13H16ClNO2. The molecule has 92 valence electrons. The average Bonchev–Trinajstić information content (AvgIpc) is 2.31. The van der Waals surface area contributed by atoms with Gasteiger partial charge >= 0.3 is 0 Å². The molecule has 2 fully saturated rings. The second kappa shape index (κ2) is 4.46. The molecule has 0 N–H and O–H groups in total. The third kappa shape index (κ3) is 2.26. The lowest BCUT2D eigenvalue weighted by atomic mass is 9.74. The molecule has 0 aromatic carbocycles. The molecule has 4 heteroatoms. The van der Waals surface area contributed by atoms with E-state index in [-0.39, 0.29) is 11.7 Å². The number of nitrogens with zero attached hydrogens (tertiary/aromatic N) is 1. The van der Waals surface area contributed by atoms with Crippen molar-refractivity contribution in [2.45, 2.75) is 43.8 Å². The van der Waals surface area contributed by atoms with E-state index in [9.17, 15) is 0 Å². The van der Waals surface area contributed by atoms with Gasteiger partial charge in [0.25, 0.3) is 0 Å². The van der Waals surface area contributed by atoms with Crippen molar-refractivity contribution >= 4 is 11.6 Å². The molecule has 2 heterocycles. The molecule has 1 aliphatic heterocycles. The van der Waals surface area contributed by atoms with Crippen LogP contribution in [-0.2, 0) is 4.74 Å². The number of aromatic nitrogens is 1. The zero-order valence-electron chi connectivity index (χ0n) is 9.69. The predicted octanol–water partition coefficient (Wildman–Crippen LogP) is 3.22. The highest BCUT2D eigenvalue weighted by atomic mass is 35.5. The maximum absolute atomic E-state index is 6.00. The molecule has 1 aromatic rings. The fourth-order valence-electron chi connectivity index (χ4n) is 2.64.